The van der Waals surface area contributed by atoms with Crippen LogP contribution >= 0.6 is 11.6 Å². The van der Waals surface area contributed by atoms with Crippen LogP contribution in [0.15, 0.2) is 24.4 Å². The molecule has 2 fully saturated rings. The first-order valence-electron chi connectivity index (χ1n) is 21.1. The van der Waals surface area contributed by atoms with Crippen molar-refractivity contribution in [2.24, 2.45) is 0 Å². The normalized spacial score (nSPS) is 22.9. The summed E-state index contributed by atoms with van der Waals surface area (Å²) in [6, 6.07) is 1.77. The molecule has 2 aliphatic rings. The summed E-state index contributed by atoms with van der Waals surface area (Å²) < 4.78 is 46.0. The molecule has 2 aliphatic heterocycles. The van der Waals surface area contributed by atoms with Crippen molar-refractivity contribution >= 4 is 51.5 Å². The van der Waals surface area contributed by atoms with Crippen molar-refractivity contribution < 1.29 is 26.9 Å². The molecular weight excluding hydrogens is 739 g/mol. The van der Waals surface area contributed by atoms with Crippen molar-refractivity contribution in [3.63, 3.8) is 0 Å². The first-order chi connectivity index (χ1) is 25.8. The number of rotatable bonds is 21. The Labute approximate surface area is 332 Å². The molecule has 2 aromatic rings. The minimum absolute atomic E-state index is 0.0399. The van der Waals surface area contributed by atoms with Crippen LogP contribution in [0.4, 0.5) is 10.2 Å². The second-order valence-electron chi connectivity index (χ2n) is 16.8. The van der Waals surface area contributed by atoms with Gasteiger partial charge in [-0.25, -0.2) is 4.39 Å². The zero-order valence-electron chi connectivity index (χ0n) is 34.7. The smallest absolute Gasteiger partial charge is 0.335 e. The van der Waals surface area contributed by atoms with Crippen LogP contribution in [0.25, 0.3) is 11.0 Å². The highest BCUT2D eigenvalue weighted by Gasteiger charge is 2.62. The maximum Gasteiger partial charge on any atom is 0.335 e. The van der Waals surface area contributed by atoms with Gasteiger partial charge in [-0.15, -0.1) is 0 Å². The number of amides is 1. The van der Waals surface area contributed by atoms with Gasteiger partial charge in [0.25, 0.3) is 0 Å². The summed E-state index contributed by atoms with van der Waals surface area (Å²) >= 11 is 6.41. The molecule has 4 heterocycles. The Bertz CT molecular complexity index is 1470. The highest BCUT2D eigenvalue weighted by Crippen LogP contribution is 2.49. The second-order valence-corrected chi connectivity index (χ2v) is 25.9. The van der Waals surface area contributed by atoms with Gasteiger partial charge < -0.3 is 27.6 Å². The molecule has 0 radical (unpaired) electrons. The molecule has 4 atom stereocenters. The van der Waals surface area contributed by atoms with E-state index in [0.717, 1.165) is 25.7 Å². The van der Waals surface area contributed by atoms with Gasteiger partial charge in [-0.2, -0.15) is 9.97 Å². The Balaban J connectivity index is 1.35. The van der Waals surface area contributed by atoms with Crippen LogP contribution in [0.1, 0.15) is 158 Å². The molecule has 9 nitrogen and oxygen atoms in total. The number of hydrogen-bond acceptors (Lipinski definition) is 7. The van der Waals surface area contributed by atoms with Gasteiger partial charge in [0.2, 0.25) is 11.2 Å². The van der Waals surface area contributed by atoms with Gasteiger partial charge >= 0.3 is 17.1 Å². The van der Waals surface area contributed by atoms with Crippen LogP contribution < -0.4 is 5.32 Å². The van der Waals surface area contributed by atoms with Crippen molar-refractivity contribution in [3.05, 3.63) is 29.7 Å². The molecule has 0 bridgehead atoms. The molecule has 1 amide bonds. The van der Waals surface area contributed by atoms with Crippen molar-refractivity contribution in [1.82, 2.24) is 14.5 Å². The monoisotopic (exact) mass is 808 g/mol. The van der Waals surface area contributed by atoms with Gasteiger partial charge in [-0.1, -0.05) is 126 Å². The fourth-order valence-corrected chi connectivity index (χ4v) is 19.6. The first-order valence-corrected chi connectivity index (χ1v) is 25.4. The molecule has 0 spiro atoms. The lowest BCUT2D eigenvalue weighted by Crippen LogP contribution is -2.65. The number of aromatic nitrogens is 3. The summed E-state index contributed by atoms with van der Waals surface area (Å²) in [5.74, 6) is 0.178. The van der Waals surface area contributed by atoms with Crippen molar-refractivity contribution in [3.8, 4) is 0 Å². The van der Waals surface area contributed by atoms with Crippen LogP contribution in [-0.2, 0) is 22.5 Å². The zero-order chi connectivity index (χ0) is 39.5. The third-order valence-corrected chi connectivity index (χ3v) is 21.8. The summed E-state index contributed by atoms with van der Waals surface area (Å²) in [7, 11) is -5.84. The number of anilines is 1. The maximum absolute atomic E-state index is 16.8. The second kappa shape index (κ2) is 21.2. The van der Waals surface area contributed by atoms with Gasteiger partial charge in [0.1, 0.15) is 23.7 Å². The summed E-state index contributed by atoms with van der Waals surface area (Å²) in [4.78, 5) is 21.8. The summed E-state index contributed by atoms with van der Waals surface area (Å²) in [6.07, 6.45) is 18.3. The van der Waals surface area contributed by atoms with Gasteiger partial charge in [-0.3, -0.25) is 4.79 Å². The Morgan fingerprint density at radius 2 is 1.46 bits per heavy atom. The number of nitrogens with one attached hydrogen (secondary N) is 1. The molecule has 4 rings (SSSR count). The lowest BCUT2D eigenvalue weighted by Gasteiger charge is -2.51. The third-order valence-electron chi connectivity index (χ3n) is 11.3. The van der Waals surface area contributed by atoms with E-state index in [1.807, 2.05) is 0 Å². The van der Waals surface area contributed by atoms with E-state index < -0.39 is 41.7 Å². The number of fused-ring (bicyclic) bond motifs is 2. The molecule has 0 aromatic carbocycles. The standard InChI is InChI=1S/C41H70ClFN4O5Si2/c1-10-11-12-13-14-15-16-17-18-19-20-21-22-23-24-25-35(48)44-38-33-26-27-47(39(33)46-41(42)45-38)40-36(43)37-34(50-40)28-49-53(29(2)3,30(4)5)52-54(51-37,31(6)7)32(8)9/h17-18,26-27,29-32,34,36-37,40H,10-16,19-25,28H2,1-9H3,(H,44,45,46,48)/b18-17-/t34-,36+,37-,40-/m1/s1. The molecule has 2 aromatic heterocycles. The average Bonchev–Trinajstić information content (AvgIpc) is 3.65. The van der Waals surface area contributed by atoms with E-state index in [2.05, 4.69) is 89.8 Å². The van der Waals surface area contributed by atoms with Crippen molar-refractivity contribution in [2.75, 3.05) is 11.9 Å². The van der Waals surface area contributed by atoms with Crippen LogP contribution in [-0.4, -0.2) is 62.6 Å². The van der Waals surface area contributed by atoms with E-state index in [0.29, 0.717) is 23.3 Å². The zero-order valence-corrected chi connectivity index (χ0v) is 37.4. The number of nitrogens with zero attached hydrogens (tertiary/aromatic N) is 3. The lowest BCUT2D eigenvalue weighted by molar-refractivity contribution is -0.116. The van der Waals surface area contributed by atoms with Crippen molar-refractivity contribution in [2.45, 2.75) is 199 Å². The third kappa shape index (κ3) is 11.0. The SMILES string of the molecule is CCCCCCCC/C=C\CCCCCCCC(=O)Nc1nc(Cl)nc2c1ccn2[C@@H]1O[C@@H]2CO[Si](C(C)C)(C(C)C)O[Si](C(C)C)(C(C)C)O[C@H]2[C@@H]1F. The highest BCUT2D eigenvalue weighted by molar-refractivity contribution is 6.84. The van der Waals surface area contributed by atoms with E-state index in [-0.39, 0.29) is 40.0 Å². The van der Waals surface area contributed by atoms with E-state index >= 15 is 4.39 Å². The lowest BCUT2D eigenvalue weighted by atomic mass is 10.1. The number of carbonyl (C=O) groups excluding carboxylic acids is 1. The molecule has 306 valence electrons. The van der Waals surface area contributed by atoms with Gasteiger partial charge in [0.15, 0.2) is 12.4 Å². The van der Waals surface area contributed by atoms with Crippen LogP contribution in [0.2, 0.25) is 27.4 Å². The number of allylic oxidation sites excluding steroid dienone is 2. The number of alkyl halides is 1. The first kappa shape index (κ1) is 45.0. The quantitative estimate of drug-likeness (QED) is 0.0580. The number of unbranched alkanes of at least 4 members (excludes halogenated alkanes) is 11. The summed E-state index contributed by atoms with van der Waals surface area (Å²) in [5, 5.41) is 3.47. The minimum atomic E-state index is -3.04. The van der Waals surface area contributed by atoms with E-state index in [4.69, 9.17) is 29.3 Å². The molecule has 0 unspecified atom stereocenters. The average molecular weight is 810 g/mol. The molecule has 13 heteroatoms. The number of ether oxygens (including phenoxy) is 1. The van der Waals surface area contributed by atoms with E-state index in [1.54, 1.807) is 16.8 Å². The Hall–Kier alpha value is -1.68. The summed E-state index contributed by atoms with van der Waals surface area (Å²) in [6.45, 7) is 19.5. The molecule has 2 saturated heterocycles. The van der Waals surface area contributed by atoms with E-state index in [9.17, 15) is 4.79 Å². The molecule has 0 saturated carbocycles. The fraction of sp³-hybridized carbons (Fsp3) is 0.780. The molecule has 0 aliphatic carbocycles. The van der Waals surface area contributed by atoms with Crippen LogP contribution in [0, 0.1) is 0 Å². The topological polar surface area (TPSA) is 96.7 Å². The number of hydrogen-bond donors (Lipinski definition) is 1. The van der Waals surface area contributed by atoms with Gasteiger partial charge in [-0.05, 0) is 71.9 Å². The van der Waals surface area contributed by atoms with Gasteiger partial charge in [0, 0.05) is 12.6 Å². The Kier molecular flexibility index (Phi) is 17.7. The van der Waals surface area contributed by atoms with E-state index in [1.165, 1.54) is 57.8 Å². The van der Waals surface area contributed by atoms with Crippen molar-refractivity contribution in [1.29, 1.82) is 0 Å². The Morgan fingerprint density at radius 3 is 2.06 bits per heavy atom. The molecule has 54 heavy (non-hydrogen) atoms. The van der Waals surface area contributed by atoms with Crippen LogP contribution in [0.3, 0.4) is 0 Å². The maximum atomic E-state index is 16.8. The van der Waals surface area contributed by atoms with Crippen LogP contribution in [0.5, 0.6) is 0 Å². The minimum Gasteiger partial charge on any atom is -0.414 e. The number of carbonyl (C=O) groups is 1. The number of halogens is 2. The van der Waals surface area contributed by atoms with Gasteiger partial charge in [0.05, 0.1) is 12.0 Å². The molecule has 1 N–H and O–H groups in total. The largest absolute Gasteiger partial charge is 0.414 e. The predicted molar refractivity (Wildman–Crippen MR) is 223 cm³/mol. The fourth-order valence-electron chi connectivity index (χ4n) is 8.19. The molecular formula is C41H70ClFN4O5Si2. The highest BCUT2D eigenvalue weighted by atomic mass is 35.5. The summed E-state index contributed by atoms with van der Waals surface area (Å²) in [5.41, 5.74) is 0.839. The Morgan fingerprint density at radius 1 is 0.889 bits per heavy atom. The predicted octanol–water partition coefficient (Wildman–Crippen LogP) is 12.3.